The average Bonchev–Trinajstić information content (AvgIpc) is 3.40. The van der Waals surface area contributed by atoms with Gasteiger partial charge in [0.2, 0.25) is 0 Å². The first-order chi connectivity index (χ1) is 17.0. The molecule has 0 spiro atoms. The van der Waals surface area contributed by atoms with Gasteiger partial charge in [-0.25, -0.2) is 13.8 Å². The minimum absolute atomic E-state index is 0.0638. The summed E-state index contributed by atoms with van der Waals surface area (Å²) in [7, 11) is 0. The van der Waals surface area contributed by atoms with E-state index >= 15 is 0 Å². The molecule has 2 heterocycles. The first kappa shape index (κ1) is 22.1. The molecule has 5 aromatic rings. The maximum Gasteiger partial charge on any atom is 0.261 e. The van der Waals surface area contributed by atoms with Crippen molar-refractivity contribution in [3.8, 4) is 11.1 Å². The van der Waals surface area contributed by atoms with Crippen LogP contribution in [0.3, 0.4) is 0 Å². The number of aromatic amines is 1. The number of H-pyrrole nitrogens is 1. The van der Waals surface area contributed by atoms with Gasteiger partial charge in [-0.1, -0.05) is 24.3 Å². The lowest BCUT2D eigenvalue weighted by molar-refractivity contribution is 0.0950. The zero-order chi connectivity index (χ0) is 24.4. The standard InChI is InChI=1S/C26H19F2N5O2/c27-21-7-5-19(23(28)10-21)11-29-25(34)17-3-1-16(2-4-17)14-33-15-30-24-8-6-18(9-22(24)26(33)35)20-12-31-32-13-20/h1-10,12-13,15H,11,14H2,(H,29,34)(H,31,32). The third kappa shape index (κ3) is 4.70. The molecule has 5 rings (SSSR count). The molecule has 1 amide bonds. The van der Waals surface area contributed by atoms with Crippen LogP contribution in [0.4, 0.5) is 8.78 Å². The van der Waals surface area contributed by atoms with Crippen molar-refractivity contribution in [3.05, 3.63) is 118 Å². The quantitative estimate of drug-likeness (QED) is 0.391. The summed E-state index contributed by atoms with van der Waals surface area (Å²) in [5, 5.41) is 9.82. The third-order valence-electron chi connectivity index (χ3n) is 5.68. The predicted octanol–water partition coefficient (Wildman–Crippen LogP) is 4.04. The number of halogens is 2. The zero-order valence-corrected chi connectivity index (χ0v) is 18.3. The smallest absolute Gasteiger partial charge is 0.261 e. The zero-order valence-electron chi connectivity index (χ0n) is 18.3. The Bertz CT molecular complexity index is 1580. The Hall–Kier alpha value is -4.66. The molecule has 0 saturated carbocycles. The van der Waals surface area contributed by atoms with E-state index in [0.29, 0.717) is 16.5 Å². The van der Waals surface area contributed by atoms with Crippen LogP contribution in [0.25, 0.3) is 22.0 Å². The fourth-order valence-corrected chi connectivity index (χ4v) is 3.76. The molecule has 0 atom stereocenters. The lowest BCUT2D eigenvalue weighted by atomic mass is 10.1. The lowest BCUT2D eigenvalue weighted by Gasteiger charge is -2.09. The van der Waals surface area contributed by atoms with Crippen LogP contribution in [0.5, 0.6) is 0 Å². The van der Waals surface area contributed by atoms with E-state index < -0.39 is 17.5 Å². The van der Waals surface area contributed by atoms with Gasteiger partial charge in [-0.05, 0) is 41.5 Å². The normalized spacial score (nSPS) is 11.0. The third-order valence-corrected chi connectivity index (χ3v) is 5.68. The van der Waals surface area contributed by atoms with Crippen LogP contribution >= 0.6 is 0 Å². The van der Waals surface area contributed by atoms with Gasteiger partial charge in [0.15, 0.2) is 0 Å². The van der Waals surface area contributed by atoms with E-state index in [1.54, 1.807) is 48.8 Å². The van der Waals surface area contributed by atoms with Crippen LogP contribution in [0.15, 0.2) is 84.2 Å². The average molecular weight is 471 g/mol. The Morgan fingerprint density at radius 3 is 2.57 bits per heavy atom. The first-order valence-corrected chi connectivity index (χ1v) is 10.8. The molecule has 0 aliphatic heterocycles. The van der Waals surface area contributed by atoms with Crippen molar-refractivity contribution in [1.29, 1.82) is 0 Å². The molecule has 0 aliphatic carbocycles. The van der Waals surface area contributed by atoms with Gasteiger partial charge in [0.1, 0.15) is 11.6 Å². The van der Waals surface area contributed by atoms with E-state index in [9.17, 15) is 18.4 Å². The van der Waals surface area contributed by atoms with Crippen molar-refractivity contribution in [1.82, 2.24) is 25.1 Å². The second-order valence-electron chi connectivity index (χ2n) is 8.01. The molecule has 0 bridgehead atoms. The fourth-order valence-electron chi connectivity index (χ4n) is 3.76. The van der Waals surface area contributed by atoms with E-state index in [1.165, 1.54) is 17.0 Å². The van der Waals surface area contributed by atoms with Gasteiger partial charge in [-0.2, -0.15) is 5.10 Å². The largest absolute Gasteiger partial charge is 0.348 e. The van der Waals surface area contributed by atoms with Crippen molar-refractivity contribution in [2.24, 2.45) is 0 Å². The molecular formula is C26H19F2N5O2. The monoisotopic (exact) mass is 471 g/mol. The Labute approximate surface area is 198 Å². The summed E-state index contributed by atoms with van der Waals surface area (Å²) in [5.41, 5.74) is 3.53. The SMILES string of the molecule is O=C(NCc1ccc(F)cc1F)c1ccc(Cn2cnc3ccc(-c4cn[nH]c4)cc3c2=O)cc1. The van der Waals surface area contributed by atoms with Crippen molar-refractivity contribution in [2.45, 2.75) is 13.1 Å². The van der Waals surface area contributed by atoms with Gasteiger partial charge >= 0.3 is 0 Å². The van der Waals surface area contributed by atoms with Crippen LogP contribution in [0, 0.1) is 11.6 Å². The number of rotatable bonds is 6. The minimum Gasteiger partial charge on any atom is -0.348 e. The van der Waals surface area contributed by atoms with Gasteiger partial charge in [0.05, 0.1) is 30.0 Å². The summed E-state index contributed by atoms with van der Waals surface area (Å²) >= 11 is 0. The molecule has 2 aromatic heterocycles. The van der Waals surface area contributed by atoms with Crippen LogP contribution in [0.1, 0.15) is 21.5 Å². The number of hydrogen-bond acceptors (Lipinski definition) is 4. The molecular weight excluding hydrogens is 452 g/mol. The second kappa shape index (κ2) is 9.30. The molecule has 0 saturated heterocycles. The maximum atomic E-state index is 13.8. The van der Waals surface area contributed by atoms with Gasteiger partial charge in [0.25, 0.3) is 11.5 Å². The van der Waals surface area contributed by atoms with Crippen LogP contribution in [-0.4, -0.2) is 25.7 Å². The summed E-state index contributed by atoms with van der Waals surface area (Å²) in [4.78, 5) is 29.9. The van der Waals surface area contributed by atoms with Crippen molar-refractivity contribution in [2.75, 3.05) is 0 Å². The second-order valence-corrected chi connectivity index (χ2v) is 8.01. The van der Waals surface area contributed by atoms with Crippen LogP contribution in [-0.2, 0) is 13.1 Å². The Kier molecular flexibility index (Phi) is 5.88. The Morgan fingerprint density at radius 1 is 1.00 bits per heavy atom. The Balaban J connectivity index is 1.30. The number of fused-ring (bicyclic) bond motifs is 1. The summed E-state index contributed by atoms with van der Waals surface area (Å²) in [6.07, 6.45) is 4.94. The highest BCUT2D eigenvalue weighted by atomic mass is 19.1. The molecule has 9 heteroatoms. The molecule has 0 unspecified atom stereocenters. The van der Waals surface area contributed by atoms with E-state index in [4.69, 9.17) is 0 Å². The molecule has 7 nitrogen and oxygen atoms in total. The van der Waals surface area contributed by atoms with E-state index in [-0.39, 0.29) is 24.2 Å². The number of carbonyl (C=O) groups excluding carboxylic acids is 1. The number of nitrogens with one attached hydrogen (secondary N) is 2. The van der Waals surface area contributed by atoms with Gasteiger partial charge < -0.3 is 5.32 Å². The number of aromatic nitrogens is 4. The highest BCUT2D eigenvalue weighted by Gasteiger charge is 2.10. The topological polar surface area (TPSA) is 92.7 Å². The summed E-state index contributed by atoms with van der Waals surface area (Å²) in [5.74, 6) is -1.78. The molecule has 0 aliphatic rings. The Morgan fingerprint density at radius 2 is 1.83 bits per heavy atom. The number of hydrogen-bond donors (Lipinski definition) is 2. The highest BCUT2D eigenvalue weighted by molar-refractivity contribution is 5.94. The van der Waals surface area contributed by atoms with Crippen molar-refractivity contribution >= 4 is 16.8 Å². The predicted molar refractivity (Wildman–Crippen MR) is 127 cm³/mol. The molecule has 0 radical (unpaired) electrons. The highest BCUT2D eigenvalue weighted by Crippen LogP contribution is 2.21. The fraction of sp³-hybridized carbons (Fsp3) is 0.0769. The van der Waals surface area contributed by atoms with Gasteiger partial charge in [-0.15, -0.1) is 0 Å². The van der Waals surface area contributed by atoms with Crippen molar-refractivity contribution in [3.63, 3.8) is 0 Å². The summed E-state index contributed by atoms with van der Waals surface area (Å²) in [6.45, 7) is 0.214. The number of benzene rings is 3. The molecule has 3 aromatic carbocycles. The summed E-state index contributed by atoms with van der Waals surface area (Å²) in [6, 6.07) is 15.4. The number of carbonyl (C=O) groups is 1. The first-order valence-electron chi connectivity index (χ1n) is 10.8. The van der Waals surface area contributed by atoms with Crippen LogP contribution < -0.4 is 10.9 Å². The summed E-state index contributed by atoms with van der Waals surface area (Å²) < 4.78 is 28.3. The van der Waals surface area contributed by atoms with E-state index in [0.717, 1.165) is 28.8 Å². The molecule has 35 heavy (non-hydrogen) atoms. The van der Waals surface area contributed by atoms with Crippen LogP contribution in [0.2, 0.25) is 0 Å². The molecule has 174 valence electrons. The number of nitrogens with zero attached hydrogens (tertiary/aromatic N) is 3. The van der Waals surface area contributed by atoms with E-state index in [1.807, 2.05) is 6.07 Å². The molecule has 0 fully saturated rings. The number of amides is 1. The molecule has 2 N–H and O–H groups in total. The lowest BCUT2D eigenvalue weighted by Crippen LogP contribution is -2.23. The van der Waals surface area contributed by atoms with Gasteiger partial charge in [0, 0.05) is 35.5 Å². The maximum absolute atomic E-state index is 13.8. The minimum atomic E-state index is -0.716. The van der Waals surface area contributed by atoms with E-state index in [2.05, 4.69) is 20.5 Å². The van der Waals surface area contributed by atoms with Gasteiger partial charge in [-0.3, -0.25) is 19.3 Å². The van der Waals surface area contributed by atoms with Crippen molar-refractivity contribution < 1.29 is 13.6 Å².